The summed E-state index contributed by atoms with van der Waals surface area (Å²) >= 11 is 0. The number of carbonyl (C=O) groups is 1. The second-order valence-corrected chi connectivity index (χ2v) is 5.14. The molecule has 0 unspecified atom stereocenters. The average Bonchev–Trinajstić information content (AvgIpc) is 2.14. The number of nitrogens with one attached hydrogen (secondary N) is 2. The lowest BCUT2D eigenvalue weighted by Gasteiger charge is -2.06. The third-order valence-electron chi connectivity index (χ3n) is 1.67. The molecule has 0 bridgehead atoms. The summed E-state index contributed by atoms with van der Waals surface area (Å²) in [6.07, 6.45) is 0.384. The Morgan fingerprint density at radius 2 is 2.00 bits per heavy atom. The first-order chi connectivity index (χ1) is 7.48. The molecule has 0 aliphatic rings. The molecule has 0 heterocycles. The molecule has 0 aromatic rings. The van der Waals surface area contributed by atoms with Gasteiger partial charge in [0.1, 0.15) is 0 Å². The van der Waals surface area contributed by atoms with Crippen LogP contribution in [0.1, 0.15) is 20.3 Å². The number of amides is 1. The molecular weight excluding hydrogens is 232 g/mol. The van der Waals surface area contributed by atoms with Gasteiger partial charge < -0.3 is 10.1 Å². The smallest absolute Gasteiger partial charge is 0.234 e. The summed E-state index contributed by atoms with van der Waals surface area (Å²) in [5.41, 5.74) is 0. The van der Waals surface area contributed by atoms with Gasteiger partial charge in [0.15, 0.2) is 0 Å². The van der Waals surface area contributed by atoms with Crippen LogP contribution in [0.4, 0.5) is 0 Å². The van der Waals surface area contributed by atoms with E-state index in [-0.39, 0.29) is 5.75 Å². The Morgan fingerprint density at radius 1 is 1.31 bits per heavy atom. The van der Waals surface area contributed by atoms with Crippen LogP contribution in [0.5, 0.6) is 0 Å². The van der Waals surface area contributed by atoms with Gasteiger partial charge in [-0.05, 0) is 13.0 Å². The number of sulfonamides is 1. The molecule has 0 spiro atoms. The molecular formula is C9H20N2O4S. The lowest BCUT2D eigenvalue weighted by Crippen LogP contribution is -2.30. The van der Waals surface area contributed by atoms with E-state index in [1.165, 1.54) is 6.92 Å². The largest absolute Gasteiger partial charge is 0.380 e. The van der Waals surface area contributed by atoms with E-state index in [0.29, 0.717) is 19.6 Å². The van der Waals surface area contributed by atoms with Crippen molar-refractivity contribution in [3.8, 4) is 0 Å². The maximum atomic E-state index is 11.2. The Balaban J connectivity index is 3.47. The van der Waals surface area contributed by atoms with Crippen LogP contribution in [0.3, 0.4) is 0 Å². The molecule has 0 rings (SSSR count). The lowest BCUT2D eigenvalue weighted by atomic mass is 10.5. The Morgan fingerprint density at radius 3 is 2.56 bits per heavy atom. The van der Waals surface area contributed by atoms with Gasteiger partial charge in [-0.15, -0.1) is 0 Å². The van der Waals surface area contributed by atoms with Crippen molar-refractivity contribution in [3.05, 3.63) is 0 Å². The summed E-state index contributed by atoms with van der Waals surface area (Å²) in [5, 5.41) is 3.08. The average molecular weight is 252 g/mol. The van der Waals surface area contributed by atoms with Crippen molar-refractivity contribution >= 4 is 15.9 Å². The van der Waals surface area contributed by atoms with Crippen LogP contribution in [0.15, 0.2) is 0 Å². The number of hydrogen-bond acceptors (Lipinski definition) is 5. The molecule has 0 saturated carbocycles. The second kappa shape index (κ2) is 8.49. The molecule has 0 aromatic carbocycles. The lowest BCUT2D eigenvalue weighted by molar-refractivity contribution is -0.117. The number of rotatable bonds is 9. The van der Waals surface area contributed by atoms with Crippen molar-refractivity contribution in [2.45, 2.75) is 20.3 Å². The van der Waals surface area contributed by atoms with Crippen molar-refractivity contribution in [2.24, 2.45) is 0 Å². The topological polar surface area (TPSA) is 84.5 Å². The molecule has 2 N–H and O–H groups in total. The van der Waals surface area contributed by atoms with E-state index in [1.54, 1.807) is 0 Å². The van der Waals surface area contributed by atoms with Crippen LogP contribution in [0, 0.1) is 0 Å². The Hall–Kier alpha value is -0.660. The van der Waals surface area contributed by atoms with E-state index in [2.05, 4.69) is 5.32 Å². The predicted molar refractivity (Wildman–Crippen MR) is 61.6 cm³/mol. The summed E-state index contributed by atoms with van der Waals surface area (Å²) in [4.78, 5) is 10.5. The second-order valence-electron chi connectivity index (χ2n) is 3.30. The van der Waals surface area contributed by atoms with Gasteiger partial charge in [0, 0.05) is 20.1 Å². The van der Waals surface area contributed by atoms with Gasteiger partial charge in [-0.1, -0.05) is 6.92 Å². The molecule has 96 valence electrons. The zero-order valence-corrected chi connectivity index (χ0v) is 10.6. The molecule has 0 saturated heterocycles. The standard InChI is InChI=1S/C9H20N2O4S/c1-3-10-5-7-15-6-4-8-16(13,14)11-9(2)12/h10H,3-8H2,1-2H3,(H,11,12). The summed E-state index contributed by atoms with van der Waals surface area (Å²) in [5.74, 6) is -0.651. The fourth-order valence-corrected chi connectivity index (χ4v) is 2.08. The van der Waals surface area contributed by atoms with Crippen LogP contribution < -0.4 is 10.0 Å². The van der Waals surface area contributed by atoms with Crippen LogP contribution in [0.2, 0.25) is 0 Å². The van der Waals surface area contributed by atoms with E-state index in [0.717, 1.165) is 13.1 Å². The highest BCUT2D eigenvalue weighted by atomic mass is 32.2. The molecule has 16 heavy (non-hydrogen) atoms. The third kappa shape index (κ3) is 9.88. The van der Waals surface area contributed by atoms with Crippen LogP contribution >= 0.6 is 0 Å². The highest BCUT2D eigenvalue weighted by molar-refractivity contribution is 7.90. The summed E-state index contributed by atoms with van der Waals surface area (Å²) in [7, 11) is -3.47. The molecule has 6 nitrogen and oxygen atoms in total. The minimum absolute atomic E-state index is 0.0895. The highest BCUT2D eigenvalue weighted by Gasteiger charge is 2.10. The van der Waals surface area contributed by atoms with Crippen LogP contribution in [0.25, 0.3) is 0 Å². The van der Waals surface area contributed by atoms with Crippen LogP contribution in [-0.4, -0.2) is 46.4 Å². The molecule has 0 aliphatic carbocycles. The Kier molecular flexibility index (Phi) is 8.14. The quantitative estimate of drug-likeness (QED) is 0.539. The third-order valence-corrected chi connectivity index (χ3v) is 3.10. The molecule has 0 aromatic heterocycles. The molecule has 0 radical (unpaired) electrons. The van der Waals surface area contributed by atoms with Gasteiger partial charge in [0.25, 0.3) is 0 Å². The zero-order chi connectivity index (χ0) is 12.4. The monoisotopic (exact) mass is 252 g/mol. The van der Waals surface area contributed by atoms with E-state index < -0.39 is 15.9 Å². The maximum absolute atomic E-state index is 11.2. The van der Waals surface area contributed by atoms with Crippen molar-refractivity contribution in [1.29, 1.82) is 0 Å². The molecule has 0 atom stereocenters. The Bertz CT molecular complexity index is 290. The van der Waals surface area contributed by atoms with Gasteiger partial charge in [-0.3, -0.25) is 9.52 Å². The summed E-state index contributed by atoms with van der Waals surface area (Å²) < 4.78 is 29.4. The number of ether oxygens (including phenoxy) is 1. The minimum atomic E-state index is -3.47. The highest BCUT2D eigenvalue weighted by Crippen LogP contribution is 1.90. The van der Waals surface area contributed by atoms with Gasteiger partial charge >= 0.3 is 0 Å². The summed E-state index contributed by atoms with van der Waals surface area (Å²) in [6.45, 7) is 5.76. The maximum Gasteiger partial charge on any atom is 0.234 e. The zero-order valence-electron chi connectivity index (χ0n) is 9.78. The van der Waals surface area contributed by atoms with Crippen molar-refractivity contribution in [3.63, 3.8) is 0 Å². The van der Waals surface area contributed by atoms with E-state index in [1.807, 2.05) is 11.6 Å². The minimum Gasteiger partial charge on any atom is -0.380 e. The number of hydrogen-bond donors (Lipinski definition) is 2. The Labute approximate surface area is 96.8 Å². The SMILES string of the molecule is CCNCCOCCCS(=O)(=O)NC(C)=O. The fraction of sp³-hybridized carbons (Fsp3) is 0.889. The van der Waals surface area contributed by atoms with Crippen molar-refractivity contribution in [2.75, 3.05) is 32.1 Å². The van der Waals surface area contributed by atoms with Gasteiger partial charge in [0.2, 0.25) is 15.9 Å². The molecule has 0 fully saturated rings. The molecule has 0 aliphatic heterocycles. The molecule has 7 heteroatoms. The first kappa shape index (κ1) is 15.3. The van der Waals surface area contributed by atoms with Gasteiger partial charge in [0.05, 0.1) is 12.4 Å². The van der Waals surface area contributed by atoms with E-state index in [9.17, 15) is 13.2 Å². The first-order valence-electron chi connectivity index (χ1n) is 5.27. The molecule has 1 amide bonds. The normalized spacial score (nSPS) is 11.4. The summed E-state index contributed by atoms with van der Waals surface area (Å²) in [6, 6.07) is 0. The predicted octanol–water partition coefficient (Wildman–Crippen LogP) is -0.531. The van der Waals surface area contributed by atoms with Gasteiger partial charge in [-0.2, -0.15) is 0 Å². The van der Waals surface area contributed by atoms with Crippen LogP contribution in [-0.2, 0) is 19.6 Å². The fourth-order valence-electron chi connectivity index (χ4n) is 1.04. The van der Waals surface area contributed by atoms with Gasteiger partial charge in [-0.25, -0.2) is 8.42 Å². The van der Waals surface area contributed by atoms with Crippen molar-refractivity contribution < 1.29 is 17.9 Å². The van der Waals surface area contributed by atoms with E-state index in [4.69, 9.17) is 4.74 Å². The number of carbonyl (C=O) groups excluding carboxylic acids is 1. The van der Waals surface area contributed by atoms with E-state index >= 15 is 0 Å². The first-order valence-corrected chi connectivity index (χ1v) is 6.92. The van der Waals surface area contributed by atoms with Crippen molar-refractivity contribution in [1.82, 2.24) is 10.0 Å². The number of likely N-dealkylation sites (N-methyl/N-ethyl adjacent to an activating group) is 1.